The molecule has 0 saturated carbocycles. The standard InChI is InChI=1S/C23H28N4O2/c28-22-9-4-13-27(22)21-8-3-12-26(14-10-21)23(29)25-16-18-5-1-6-19(15-18)20-7-2-11-24-17-20/h1-2,5-7,11,15,17,21H,3-4,8-10,12-14,16H2,(H,25,29). The minimum absolute atomic E-state index is 0.0230. The number of amides is 3. The van der Waals surface area contributed by atoms with Crippen molar-refractivity contribution in [3.63, 3.8) is 0 Å². The van der Waals surface area contributed by atoms with Crippen molar-refractivity contribution >= 4 is 11.9 Å². The van der Waals surface area contributed by atoms with E-state index in [0.29, 0.717) is 25.6 Å². The molecule has 0 bridgehead atoms. The summed E-state index contributed by atoms with van der Waals surface area (Å²) < 4.78 is 0. The van der Waals surface area contributed by atoms with E-state index in [1.54, 1.807) is 6.20 Å². The van der Waals surface area contributed by atoms with Crippen molar-refractivity contribution in [1.29, 1.82) is 0 Å². The summed E-state index contributed by atoms with van der Waals surface area (Å²) in [4.78, 5) is 32.8. The largest absolute Gasteiger partial charge is 0.340 e. The number of carbonyl (C=O) groups is 2. The fraction of sp³-hybridized carbons (Fsp3) is 0.435. The van der Waals surface area contributed by atoms with Crippen LogP contribution in [0, 0.1) is 0 Å². The van der Waals surface area contributed by atoms with Gasteiger partial charge in [0.05, 0.1) is 0 Å². The van der Waals surface area contributed by atoms with Crippen LogP contribution in [0.4, 0.5) is 4.79 Å². The van der Waals surface area contributed by atoms with Crippen LogP contribution in [0.15, 0.2) is 48.8 Å². The van der Waals surface area contributed by atoms with Crippen LogP contribution in [0.25, 0.3) is 11.1 Å². The Morgan fingerprint density at radius 3 is 2.76 bits per heavy atom. The number of nitrogens with one attached hydrogen (secondary N) is 1. The predicted octanol–water partition coefficient (Wildman–Crippen LogP) is 3.44. The van der Waals surface area contributed by atoms with Crippen LogP contribution in [0.3, 0.4) is 0 Å². The Hall–Kier alpha value is -2.89. The van der Waals surface area contributed by atoms with Gasteiger partial charge in [-0.3, -0.25) is 9.78 Å². The molecule has 29 heavy (non-hydrogen) atoms. The maximum Gasteiger partial charge on any atom is 0.317 e. The number of benzene rings is 1. The zero-order valence-electron chi connectivity index (χ0n) is 16.7. The molecule has 3 amide bonds. The number of likely N-dealkylation sites (tertiary alicyclic amines) is 2. The summed E-state index contributed by atoms with van der Waals surface area (Å²) in [7, 11) is 0. The molecule has 1 unspecified atom stereocenters. The van der Waals surface area contributed by atoms with Gasteiger partial charge in [0.15, 0.2) is 0 Å². The monoisotopic (exact) mass is 392 g/mol. The lowest BCUT2D eigenvalue weighted by Gasteiger charge is -2.27. The lowest BCUT2D eigenvalue weighted by Crippen LogP contribution is -2.41. The van der Waals surface area contributed by atoms with E-state index in [4.69, 9.17) is 0 Å². The Morgan fingerprint density at radius 2 is 1.97 bits per heavy atom. The smallest absolute Gasteiger partial charge is 0.317 e. The zero-order valence-corrected chi connectivity index (χ0v) is 16.7. The molecule has 6 nitrogen and oxygen atoms in total. The minimum atomic E-state index is -0.0230. The third-order valence-electron chi connectivity index (χ3n) is 5.90. The van der Waals surface area contributed by atoms with Gasteiger partial charge in [-0.05, 0) is 54.5 Å². The van der Waals surface area contributed by atoms with E-state index >= 15 is 0 Å². The molecule has 6 heteroatoms. The molecule has 2 aromatic rings. The van der Waals surface area contributed by atoms with Crippen LogP contribution in [0.1, 0.15) is 37.7 Å². The number of nitrogens with zero attached hydrogens (tertiary/aromatic N) is 3. The molecule has 4 rings (SSSR count). The van der Waals surface area contributed by atoms with Gasteiger partial charge in [0.25, 0.3) is 0 Å². The summed E-state index contributed by atoms with van der Waals surface area (Å²) in [5, 5.41) is 3.06. The molecular formula is C23H28N4O2. The highest BCUT2D eigenvalue weighted by atomic mass is 16.2. The Labute approximate surface area is 171 Å². The topological polar surface area (TPSA) is 65.5 Å². The van der Waals surface area contributed by atoms with Gasteiger partial charge in [-0.15, -0.1) is 0 Å². The SMILES string of the molecule is O=C(NCc1cccc(-c2cccnc2)c1)N1CCCC(N2CCCC2=O)CC1. The van der Waals surface area contributed by atoms with Crippen molar-refractivity contribution in [3.05, 3.63) is 54.4 Å². The van der Waals surface area contributed by atoms with Gasteiger partial charge in [0.2, 0.25) is 5.91 Å². The molecule has 2 saturated heterocycles. The first-order valence-electron chi connectivity index (χ1n) is 10.5. The van der Waals surface area contributed by atoms with Gasteiger partial charge in [-0.2, -0.15) is 0 Å². The normalized spacial score (nSPS) is 19.9. The molecule has 152 valence electrons. The van der Waals surface area contributed by atoms with Crippen molar-refractivity contribution in [2.24, 2.45) is 0 Å². The van der Waals surface area contributed by atoms with Gasteiger partial charge in [-0.25, -0.2) is 4.79 Å². The van der Waals surface area contributed by atoms with Crippen LogP contribution in [0.2, 0.25) is 0 Å². The quantitative estimate of drug-likeness (QED) is 0.867. The molecule has 0 spiro atoms. The summed E-state index contributed by atoms with van der Waals surface area (Å²) in [5.74, 6) is 0.279. The summed E-state index contributed by atoms with van der Waals surface area (Å²) in [6.07, 6.45) is 8.06. The average molecular weight is 393 g/mol. The lowest BCUT2D eigenvalue weighted by atomic mass is 10.0. The first kappa shape index (κ1) is 19.4. The van der Waals surface area contributed by atoms with Gasteiger partial charge < -0.3 is 15.1 Å². The molecule has 1 atom stereocenters. The maximum absolute atomic E-state index is 12.7. The Kier molecular flexibility index (Phi) is 6.08. The second-order valence-electron chi connectivity index (χ2n) is 7.86. The van der Waals surface area contributed by atoms with E-state index in [2.05, 4.69) is 22.4 Å². The van der Waals surface area contributed by atoms with Gasteiger partial charge in [0.1, 0.15) is 0 Å². The van der Waals surface area contributed by atoms with Crippen LogP contribution in [-0.2, 0) is 11.3 Å². The van der Waals surface area contributed by atoms with E-state index in [1.165, 1.54) is 0 Å². The molecule has 2 aliphatic heterocycles. The predicted molar refractivity (Wildman–Crippen MR) is 112 cm³/mol. The van der Waals surface area contributed by atoms with E-state index in [1.807, 2.05) is 40.3 Å². The summed E-state index contributed by atoms with van der Waals surface area (Å²) in [6.45, 7) is 2.83. The van der Waals surface area contributed by atoms with Crippen molar-refractivity contribution in [2.75, 3.05) is 19.6 Å². The van der Waals surface area contributed by atoms with Crippen LogP contribution in [0.5, 0.6) is 0 Å². The molecular weight excluding hydrogens is 364 g/mol. The lowest BCUT2D eigenvalue weighted by molar-refractivity contribution is -0.129. The second-order valence-corrected chi connectivity index (χ2v) is 7.86. The highest BCUT2D eigenvalue weighted by Crippen LogP contribution is 2.22. The fourth-order valence-corrected chi connectivity index (χ4v) is 4.33. The Morgan fingerprint density at radius 1 is 1.07 bits per heavy atom. The molecule has 1 aromatic heterocycles. The highest BCUT2D eigenvalue weighted by molar-refractivity contribution is 5.78. The molecule has 1 N–H and O–H groups in total. The summed E-state index contributed by atoms with van der Waals surface area (Å²) >= 11 is 0. The number of urea groups is 1. The Bertz CT molecular complexity index is 855. The van der Waals surface area contributed by atoms with Crippen molar-refractivity contribution in [2.45, 2.75) is 44.7 Å². The second kappa shape index (κ2) is 9.07. The molecule has 2 aliphatic rings. The zero-order chi connectivity index (χ0) is 20.1. The van der Waals surface area contributed by atoms with Gasteiger partial charge >= 0.3 is 6.03 Å². The van der Waals surface area contributed by atoms with Crippen LogP contribution < -0.4 is 5.32 Å². The highest BCUT2D eigenvalue weighted by Gasteiger charge is 2.30. The number of aromatic nitrogens is 1. The number of pyridine rings is 1. The van der Waals surface area contributed by atoms with Gasteiger partial charge in [0, 0.05) is 51.0 Å². The van der Waals surface area contributed by atoms with E-state index in [9.17, 15) is 9.59 Å². The number of carbonyl (C=O) groups excluding carboxylic acids is 2. The number of rotatable bonds is 4. The van der Waals surface area contributed by atoms with Crippen molar-refractivity contribution in [1.82, 2.24) is 20.1 Å². The van der Waals surface area contributed by atoms with Crippen molar-refractivity contribution < 1.29 is 9.59 Å². The first-order valence-corrected chi connectivity index (χ1v) is 10.5. The first-order chi connectivity index (χ1) is 14.2. The average Bonchev–Trinajstić information content (AvgIpc) is 3.04. The fourth-order valence-electron chi connectivity index (χ4n) is 4.33. The third-order valence-corrected chi connectivity index (χ3v) is 5.90. The Balaban J connectivity index is 1.31. The van der Waals surface area contributed by atoms with Crippen LogP contribution >= 0.6 is 0 Å². The third kappa shape index (κ3) is 4.75. The summed E-state index contributed by atoms with van der Waals surface area (Å²) in [6, 6.07) is 12.4. The van der Waals surface area contributed by atoms with Gasteiger partial charge in [-0.1, -0.05) is 24.3 Å². The number of hydrogen-bond acceptors (Lipinski definition) is 3. The summed E-state index contributed by atoms with van der Waals surface area (Å²) in [5.41, 5.74) is 3.23. The van der Waals surface area contributed by atoms with Crippen LogP contribution in [-0.4, -0.2) is 52.4 Å². The van der Waals surface area contributed by atoms with E-state index in [-0.39, 0.29) is 11.9 Å². The molecule has 1 aromatic carbocycles. The van der Waals surface area contributed by atoms with E-state index in [0.717, 1.165) is 55.5 Å². The molecule has 3 heterocycles. The minimum Gasteiger partial charge on any atom is -0.340 e. The van der Waals surface area contributed by atoms with Crippen molar-refractivity contribution in [3.8, 4) is 11.1 Å². The molecule has 0 radical (unpaired) electrons. The van der Waals surface area contributed by atoms with E-state index < -0.39 is 0 Å². The maximum atomic E-state index is 12.7. The number of hydrogen-bond donors (Lipinski definition) is 1. The molecule has 2 fully saturated rings. The molecule has 0 aliphatic carbocycles.